The molecule has 0 spiro atoms. The van der Waals surface area contributed by atoms with Crippen molar-refractivity contribution >= 4 is 29.1 Å². The molecule has 1 aromatic carbocycles. The third kappa shape index (κ3) is 6.43. The van der Waals surface area contributed by atoms with Crippen LogP contribution in [0.4, 0.5) is 11.4 Å². The molecule has 1 saturated heterocycles. The molecule has 2 fully saturated rings. The van der Waals surface area contributed by atoms with Crippen molar-refractivity contribution in [2.45, 2.75) is 45.6 Å². The minimum atomic E-state index is -0.555. The van der Waals surface area contributed by atoms with Crippen molar-refractivity contribution in [3.63, 3.8) is 0 Å². The van der Waals surface area contributed by atoms with E-state index >= 15 is 0 Å². The van der Waals surface area contributed by atoms with Gasteiger partial charge in [0.05, 0.1) is 19.8 Å². The Morgan fingerprint density at radius 2 is 1.77 bits per heavy atom. The molecule has 1 atom stereocenters. The van der Waals surface area contributed by atoms with Gasteiger partial charge in [-0.3, -0.25) is 14.4 Å². The summed E-state index contributed by atoms with van der Waals surface area (Å²) in [6, 6.07) is 7.16. The number of hydrogen-bond acceptors (Lipinski definition) is 5. The van der Waals surface area contributed by atoms with E-state index in [1.807, 2.05) is 31.2 Å². The van der Waals surface area contributed by atoms with Crippen molar-refractivity contribution in [2.24, 2.45) is 5.92 Å². The summed E-state index contributed by atoms with van der Waals surface area (Å²) in [5, 5.41) is 5.70. The number of rotatable bonds is 8. The molecule has 3 rings (SSSR count). The van der Waals surface area contributed by atoms with E-state index in [1.54, 1.807) is 0 Å². The number of nitrogens with one attached hydrogen (secondary N) is 2. The van der Waals surface area contributed by atoms with Crippen LogP contribution in [0.3, 0.4) is 0 Å². The third-order valence-electron chi connectivity index (χ3n) is 6.05. The molecule has 1 aromatic rings. The monoisotopic (exact) mass is 430 g/mol. The molecule has 1 aliphatic carbocycles. The van der Waals surface area contributed by atoms with Gasteiger partial charge in [-0.25, -0.2) is 0 Å². The zero-order valence-electron chi connectivity index (χ0n) is 18.6. The highest BCUT2D eigenvalue weighted by molar-refractivity contribution is 5.96. The fraction of sp³-hybridized carbons (Fsp3) is 0.609. The van der Waals surface area contributed by atoms with Crippen LogP contribution in [0.25, 0.3) is 0 Å². The van der Waals surface area contributed by atoms with Gasteiger partial charge in [0.1, 0.15) is 6.04 Å². The molecular weight excluding hydrogens is 396 g/mol. The lowest BCUT2D eigenvalue weighted by atomic mass is 9.96. The largest absolute Gasteiger partial charge is 0.378 e. The molecule has 2 N–H and O–H groups in total. The van der Waals surface area contributed by atoms with Gasteiger partial charge in [0.2, 0.25) is 17.7 Å². The predicted octanol–water partition coefficient (Wildman–Crippen LogP) is 2.01. The van der Waals surface area contributed by atoms with E-state index in [0.29, 0.717) is 12.2 Å². The van der Waals surface area contributed by atoms with Crippen molar-refractivity contribution in [1.82, 2.24) is 10.2 Å². The van der Waals surface area contributed by atoms with Gasteiger partial charge < -0.3 is 25.2 Å². The first-order valence-electron chi connectivity index (χ1n) is 11.3. The first-order chi connectivity index (χ1) is 15.0. The second-order valence-corrected chi connectivity index (χ2v) is 8.27. The van der Waals surface area contributed by atoms with E-state index in [0.717, 1.165) is 57.7 Å². The third-order valence-corrected chi connectivity index (χ3v) is 6.05. The fourth-order valence-electron chi connectivity index (χ4n) is 4.38. The van der Waals surface area contributed by atoms with Gasteiger partial charge >= 0.3 is 0 Å². The van der Waals surface area contributed by atoms with Gasteiger partial charge in [-0.2, -0.15) is 0 Å². The number of anilines is 2. The Bertz CT molecular complexity index is 755. The summed E-state index contributed by atoms with van der Waals surface area (Å²) in [6.45, 7) is 6.81. The average Bonchev–Trinajstić information content (AvgIpc) is 3.31. The molecule has 8 heteroatoms. The molecule has 2 aliphatic rings. The molecule has 8 nitrogen and oxygen atoms in total. The minimum Gasteiger partial charge on any atom is -0.378 e. The van der Waals surface area contributed by atoms with Gasteiger partial charge in [0.15, 0.2) is 0 Å². The Balaban J connectivity index is 1.57. The topological polar surface area (TPSA) is 91.0 Å². The quantitative estimate of drug-likeness (QED) is 0.658. The predicted molar refractivity (Wildman–Crippen MR) is 120 cm³/mol. The van der Waals surface area contributed by atoms with Crippen LogP contribution >= 0.6 is 0 Å². The highest BCUT2D eigenvalue weighted by Crippen LogP contribution is 2.28. The van der Waals surface area contributed by atoms with Gasteiger partial charge in [-0.15, -0.1) is 0 Å². The van der Waals surface area contributed by atoms with Crippen molar-refractivity contribution in [2.75, 3.05) is 49.6 Å². The normalized spacial score (nSPS) is 17.8. The Morgan fingerprint density at radius 1 is 1.13 bits per heavy atom. The molecule has 170 valence electrons. The lowest BCUT2D eigenvalue weighted by Crippen LogP contribution is -2.52. The second kappa shape index (κ2) is 11.1. The van der Waals surface area contributed by atoms with E-state index in [1.165, 1.54) is 11.8 Å². The Kier molecular flexibility index (Phi) is 8.28. The summed E-state index contributed by atoms with van der Waals surface area (Å²) < 4.78 is 5.38. The van der Waals surface area contributed by atoms with Gasteiger partial charge in [0, 0.05) is 37.9 Å². The maximum absolute atomic E-state index is 13.1. The van der Waals surface area contributed by atoms with E-state index in [4.69, 9.17) is 4.74 Å². The van der Waals surface area contributed by atoms with Crippen LogP contribution in [0.5, 0.6) is 0 Å². The molecule has 1 aliphatic heterocycles. The van der Waals surface area contributed by atoms with Crippen LogP contribution in [0, 0.1) is 5.92 Å². The van der Waals surface area contributed by atoms with E-state index in [9.17, 15) is 14.4 Å². The smallest absolute Gasteiger partial charge is 0.245 e. The zero-order chi connectivity index (χ0) is 22.2. The van der Waals surface area contributed by atoms with Crippen LogP contribution in [0.1, 0.15) is 39.5 Å². The maximum atomic E-state index is 13.1. The van der Waals surface area contributed by atoms with E-state index in [2.05, 4.69) is 15.5 Å². The molecule has 31 heavy (non-hydrogen) atoms. The van der Waals surface area contributed by atoms with Gasteiger partial charge in [-0.05, 0) is 49.9 Å². The molecular formula is C23H34N4O4. The van der Waals surface area contributed by atoms with E-state index < -0.39 is 6.04 Å². The van der Waals surface area contributed by atoms with Crippen molar-refractivity contribution in [1.29, 1.82) is 0 Å². The number of ether oxygens (including phenoxy) is 1. The van der Waals surface area contributed by atoms with Crippen LogP contribution in [-0.2, 0) is 19.1 Å². The maximum Gasteiger partial charge on any atom is 0.245 e. The number of nitrogens with zero attached hydrogens (tertiary/aromatic N) is 2. The first-order valence-corrected chi connectivity index (χ1v) is 11.3. The lowest BCUT2D eigenvalue weighted by Gasteiger charge is -2.30. The van der Waals surface area contributed by atoms with Crippen molar-refractivity contribution in [3.05, 3.63) is 24.3 Å². The van der Waals surface area contributed by atoms with Crippen LogP contribution in [-0.4, -0.2) is 68.1 Å². The van der Waals surface area contributed by atoms with Gasteiger partial charge in [-0.1, -0.05) is 12.8 Å². The summed E-state index contributed by atoms with van der Waals surface area (Å²) >= 11 is 0. The highest BCUT2D eigenvalue weighted by Gasteiger charge is 2.34. The molecule has 3 amide bonds. The molecule has 0 radical (unpaired) electrons. The molecule has 0 aromatic heterocycles. The summed E-state index contributed by atoms with van der Waals surface area (Å²) in [7, 11) is 0. The summed E-state index contributed by atoms with van der Waals surface area (Å²) in [5.41, 5.74) is 1.79. The number of benzene rings is 1. The Labute approximate surface area is 184 Å². The molecule has 0 bridgehead atoms. The highest BCUT2D eigenvalue weighted by atomic mass is 16.5. The Hall–Kier alpha value is -2.61. The number of amides is 3. The molecule has 1 heterocycles. The summed E-state index contributed by atoms with van der Waals surface area (Å²) in [6.07, 6.45) is 3.99. The number of carbonyl (C=O) groups is 3. The number of carbonyl (C=O) groups excluding carboxylic acids is 3. The fourth-order valence-corrected chi connectivity index (χ4v) is 4.38. The molecule has 1 saturated carbocycles. The summed E-state index contributed by atoms with van der Waals surface area (Å²) in [4.78, 5) is 41.2. The first kappa shape index (κ1) is 23.1. The van der Waals surface area contributed by atoms with Crippen molar-refractivity contribution in [3.8, 4) is 0 Å². The van der Waals surface area contributed by atoms with Crippen LogP contribution < -0.4 is 15.5 Å². The van der Waals surface area contributed by atoms with E-state index in [-0.39, 0.29) is 30.2 Å². The van der Waals surface area contributed by atoms with Crippen LogP contribution in [0.2, 0.25) is 0 Å². The van der Waals surface area contributed by atoms with Gasteiger partial charge in [0.25, 0.3) is 0 Å². The van der Waals surface area contributed by atoms with Crippen LogP contribution in [0.15, 0.2) is 24.3 Å². The standard InChI is InChI=1S/C23H34N4O4/c1-3-26(23(30)22(24-17(2)28)18-6-4-5-7-18)16-21(29)25-19-8-10-20(11-9-19)27-12-14-31-15-13-27/h8-11,18,22H,3-7,12-16H2,1-2H3,(H,24,28)(H,25,29). The number of likely N-dealkylation sites (N-methyl/N-ethyl adjacent to an activating group) is 1. The lowest BCUT2D eigenvalue weighted by molar-refractivity contribution is -0.139. The average molecular weight is 431 g/mol. The number of hydrogen-bond donors (Lipinski definition) is 2. The SMILES string of the molecule is CCN(CC(=O)Nc1ccc(N2CCOCC2)cc1)C(=O)C(NC(C)=O)C1CCCC1. The summed E-state index contributed by atoms with van der Waals surface area (Å²) in [5.74, 6) is -0.503. The van der Waals surface area contributed by atoms with Crippen molar-refractivity contribution < 1.29 is 19.1 Å². The second-order valence-electron chi connectivity index (χ2n) is 8.27. The molecule has 1 unspecified atom stereocenters. The number of morpholine rings is 1. The zero-order valence-corrected chi connectivity index (χ0v) is 18.6. The Morgan fingerprint density at radius 3 is 2.35 bits per heavy atom. The minimum absolute atomic E-state index is 0.0383.